The largest absolute Gasteiger partial charge is 0.384 e. The van der Waals surface area contributed by atoms with E-state index in [2.05, 4.69) is 20.9 Å². The number of aromatic nitrogens is 2. The number of aliphatic hydroxyl groups excluding tert-OH is 1. The van der Waals surface area contributed by atoms with Crippen molar-refractivity contribution in [3.63, 3.8) is 0 Å². The number of hydrogen-bond acceptors (Lipinski definition) is 5. The van der Waals surface area contributed by atoms with Crippen molar-refractivity contribution in [2.75, 3.05) is 25.0 Å². The molecule has 3 heterocycles. The van der Waals surface area contributed by atoms with Crippen molar-refractivity contribution in [3.05, 3.63) is 24.0 Å². The lowest BCUT2D eigenvalue weighted by Gasteiger charge is -2.29. The van der Waals surface area contributed by atoms with Crippen molar-refractivity contribution in [2.24, 2.45) is 11.8 Å². The average Bonchev–Trinajstić information content (AvgIpc) is 3.32. The fourth-order valence-corrected chi connectivity index (χ4v) is 4.67. The molecule has 0 unspecified atom stereocenters. The summed E-state index contributed by atoms with van der Waals surface area (Å²) < 4.78 is 0. The number of anilines is 1. The van der Waals surface area contributed by atoms with Crippen LogP contribution in [0, 0.1) is 23.2 Å². The Labute approximate surface area is 152 Å². The molecule has 1 amide bonds. The minimum absolute atomic E-state index is 0.167. The highest BCUT2D eigenvalue weighted by atomic mass is 16.3. The van der Waals surface area contributed by atoms with Gasteiger partial charge in [0.2, 0.25) is 0 Å². The molecule has 7 heteroatoms. The molecule has 1 aliphatic carbocycles. The van der Waals surface area contributed by atoms with Crippen LogP contribution in [0.2, 0.25) is 0 Å². The van der Waals surface area contributed by atoms with Crippen molar-refractivity contribution in [2.45, 2.75) is 31.9 Å². The highest BCUT2D eigenvalue weighted by Gasteiger charge is 2.44. The fraction of sp³-hybridized carbons (Fsp3) is 0.526. The molecule has 2 aromatic heterocycles. The summed E-state index contributed by atoms with van der Waals surface area (Å²) in [6, 6.07) is 4.57. The van der Waals surface area contributed by atoms with Gasteiger partial charge in [-0.25, -0.2) is 4.98 Å². The van der Waals surface area contributed by atoms with E-state index in [1.165, 1.54) is 6.92 Å². The van der Waals surface area contributed by atoms with Crippen LogP contribution in [-0.2, 0) is 4.79 Å². The van der Waals surface area contributed by atoms with Gasteiger partial charge in [-0.1, -0.05) is 0 Å². The summed E-state index contributed by atoms with van der Waals surface area (Å²) >= 11 is 0. The standard InChI is InChI=1S/C19H23N5O2/c1-11(25)19(26)24-9-12-5-15(6-13(12)10-24)23(2)17-14(7-20)8-22-18-16(17)3-4-21-18/h3-4,8,11-13,15,25H,5-6,9-10H2,1-2H3,(H,21,22)/t11-,12-,13+,15-/m0/s1. The van der Waals surface area contributed by atoms with Gasteiger partial charge >= 0.3 is 0 Å². The third kappa shape index (κ3) is 2.61. The summed E-state index contributed by atoms with van der Waals surface area (Å²) in [5, 5.41) is 20.0. The summed E-state index contributed by atoms with van der Waals surface area (Å²) in [7, 11) is 2.05. The summed E-state index contributed by atoms with van der Waals surface area (Å²) in [6.45, 7) is 2.97. The number of H-pyrrole nitrogens is 1. The first-order chi connectivity index (χ1) is 12.5. The Morgan fingerprint density at radius 2 is 2.15 bits per heavy atom. The number of nitrogens with one attached hydrogen (secondary N) is 1. The molecule has 4 atom stereocenters. The number of carbonyl (C=O) groups excluding carboxylic acids is 1. The number of amides is 1. The van der Waals surface area contributed by atoms with E-state index in [1.54, 1.807) is 11.1 Å². The first-order valence-corrected chi connectivity index (χ1v) is 9.05. The van der Waals surface area contributed by atoms with E-state index >= 15 is 0 Å². The Bertz CT molecular complexity index is 870. The molecule has 7 nitrogen and oxygen atoms in total. The molecule has 0 spiro atoms. The van der Waals surface area contributed by atoms with Crippen molar-refractivity contribution < 1.29 is 9.90 Å². The normalized spacial score (nSPS) is 25.9. The van der Waals surface area contributed by atoms with Gasteiger partial charge in [-0.3, -0.25) is 4.79 Å². The quantitative estimate of drug-likeness (QED) is 0.871. The minimum atomic E-state index is -0.927. The van der Waals surface area contributed by atoms with E-state index in [4.69, 9.17) is 0 Å². The lowest BCUT2D eigenvalue weighted by atomic mass is 10.0. The second-order valence-corrected chi connectivity index (χ2v) is 7.55. The number of aromatic amines is 1. The average molecular weight is 353 g/mol. The Morgan fingerprint density at radius 3 is 2.77 bits per heavy atom. The van der Waals surface area contributed by atoms with Gasteiger partial charge in [0, 0.05) is 44.0 Å². The van der Waals surface area contributed by atoms with Crippen molar-refractivity contribution >= 4 is 22.6 Å². The molecule has 0 radical (unpaired) electrons. The summed E-state index contributed by atoms with van der Waals surface area (Å²) in [5.74, 6) is 0.748. The monoisotopic (exact) mass is 353 g/mol. The van der Waals surface area contributed by atoms with Crippen LogP contribution >= 0.6 is 0 Å². The fourth-order valence-electron chi connectivity index (χ4n) is 4.67. The third-order valence-electron chi connectivity index (χ3n) is 5.97. The highest BCUT2D eigenvalue weighted by molar-refractivity contribution is 5.93. The smallest absolute Gasteiger partial charge is 0.251 e. The Balaban J connectivity index is 1.54. The second kappa shape index (κ2) is 6.29. The van der Waals surface area contributed by atoms with Crippen LogP contribution in [0.4, 0.5) is 5.69 Å². The maximum Gasteiger partial charge on any atom is 0.251 e. The van der Waals surface area contributed by atoms with Crippen LogP contribution in [0.15, 0.2) is 18.5 Å². The van der Waals surface area contributed by atoms with Crippen LogP contribution in [0.3, 0.4) is 0 Å². The zero-order valence-corrected chi connectivity index (χ0v) is 15.0. The number of nitriles is 1. The molecule has 1 saturated heterocycles. The number of pyridine rings is 1. The number of hydrogen-bond donors (Lipinski definition) is 2. The van der Waals surface area contributed by atoms with Crippen LogP contribution < -0.4 is 4.90 Å². The van der Waals surface area contributed by atoms with Gasteiger partial charge in [0.1, 0.15) is 17.8 Å². The van der Waals surface area contributed by atoms with Gasteiger partial charge in [0.15, 0.2) is 0 Å². The lowest BCUT2D eigenvalue weighted by molar-refractivity contribution is -0.138. The first-order valence-electron chi connectivity index (χ1n) is 9.05. The van der Waals surface area contributed by atoms with E-state index in [0.717, 1.165) is 42.7 Å². The predicted molar refractivity (Wildman–Crippen MR) is 97.5 cm³/mol. The van der Waals surface area contributed by atoms with E-state index in [0.29, 0.717) is 23.4 Å². The number of rotatable bonds is 3. The van der Waals surface area contributed by atoms with Gasteiger partial charge in [-0.15, -0.1) is 0 Å². The molecule has 2 fully saturated rings. The number of likely N-dealkylation sites (tertiary alicyclic amines) is 1. The maximum absolute atomic E-state index is 12.0. The number of aliphatic hydroxyl groups is 1. The van der Waals surface area contributed by atoms with E-state index in [9.17, 15) is 15.2 Å². The van der Waals surface area contributed by atoms with Crippen molar-refractivity contribution in [1.29, 1.82) is 5.26 Å². The van der Waals surface area contributed by atoms with E-state index in [-0.39, 0.29) is 5.91 Å². The van der Waals surface area contributed by atoms with Crippen LogP contribution in [0.5, 0.6) is 0 Å². The summed E-state index contributed by atoms with van der Waals surface area (Å²) in [4.78, 5) is 23.5. The predicted octanol–water partition coefficient (Wildman–Crippen LogP) is 1.49. The minimum Gasteiger partial charge on any atom is -0.384 e. The first kappa shape index (κ1) is 16.9. The molecule has 0 bridgehead atoms. The van der Waals surface area contributed by atoms with E-state index < -0.39 is 6.10 Å². The molecule has 2 aromatic rings. The Hall–Kier alpha value is -2.59. The lowest BCUT2D eigenvalue weighted by Crippen LogP contribution is -2.38. The topological polar surface area (TPSA) is 96.2 Å². The van der Waals surface area contributed by atoms with Crippen LogP contribution in [0.1, 0.15) is 25.3 Å². The Kier molecular flexibility index (Phi) is 4.08. The molecular weight excluding hydrogens is 330 g/mol. The van der Waals surface area contributed by atoms with Crippen LogP contribution in [0.25, 0.3) is 11.0 Å². The second-order valence-electron chi connectivity index (χ2n) is 7.55. The molecule has 1 saturated carbocycles. The SMILES string of the molecule is C[C@H](O)C(=O)N1C[C@H]2C[C@@H](N(C)c3c(C#N)cnc4[nH]ccc34)C[C@H]2C1. The summed E-state index contributed by atoms with van der Waals surface area (Å²) in [5.41, 5.74) is 2.31. The van der Waals surface area contributed by atoms with Gasteiger partial charge < -0.3 is 19.9 Å². The zero-order chi connectivity index (χ0) is 18.4. The summed E-state index contributed by atoms with van der Waals surface area (Å²) in [6.07, 6.45) is 4.53. The molecule has 136 valence electrons. The molecule has 2 aliphatic rings. The molecular formula is C19H23N5O2. The Morgan fingerprint density at radius 1 is 1.46 bits per heavy atom. The van der Waals surface area contributed by atoms with Gasteiger partial charge in [-0.2, -0.15) is 5.26 Å². The van der Waals surface area contributed by atoms with Crippen LogP contribution in [-0.4, -0.2) is 58.2 Å². The molecule has 26 heavy (non-hydrogen) atoms. The molecule has 2 N–H and O–H groups in total. The van der Waals surface area contributed by atoms with Crippen molar-refractivity contribution in [3.8, 4) is 6.07 Å². The van der Waals surface area contributed by atoms with E-state index in [1.807, 2.05) is 19.3 Å². The maximum atomic E-state index is 12.0. The number of fused-ring (bicyclic) bond motifs is 2. The number of nitrogens with zero attached hydrogens (tertiary/aromatic N) is 4. The molecule has 0 aromatic carbocycles. The van der Waals surface area contributed by atoms with Gasteiger partial charge in [0.25, 0.3) is 5.91 Å². The highest BCUT2D eigenvalue weighted by Crippen LogP contribution is 2.42. The molecule has 4 rings (SSSR count). The van der Waals surface area contributed by atoms with Crippen molar-refractivity contribution in [1.82, 2.24) is 14.9 Å². The zero-order valence-electron chi connectivity index (χ0n) is 15.0. The van der Waals surface area contributed by atoms with Gasteiger partial charge in [0.05, 0.1) is 11.3 Å². The van der Waals surface area contributed by atoms with Gasteiger partial charge in [-0.05, 0) is 37.7 Å². The third-order valence-corrected chi connectivity index (χ3v) is 5.97. The number of carbonyl (C=O) groups is 1. The molecule has 1 aliphatic heterocycles.